The zero-order valence-electron chi connectivity index (χ0n) is 17.8. The lowest BCUT2D eigenvalue weighted by molar-refractivity contribution is -0.137. The molecule has 0 atom stereocenters. The highest BCUT2D eigenvalue weighted by Gasteiger charge is 2.50. The fourth-order valence-electron chi connectivity index (χ4n) is 2.06. The van der Waals surface area contributed by atoms with E-state index in [1.807, 2.05) is 17.1 Å². The van der Waals surface area contributed by atoms with Gasteiger partial charge >= 0.3 is 14.8 Å². The first-order chi connectivity index (χ1) is 12.3. The molecule has 0 heterocycles. The van der Waals surface area contributed by atoms with E-state index in [0.29, 0.717) is 12.5 Å². The molecule has 0 spiro atoms. The van der Waals surface area contributed by atoms with Crippen molar-refractivity contribution in [1.82, 2.24) is 0 Å². The van der Waals surface area contributed by atoms with E-state index in [9.17, 15) is 4.79 Å². The molecule has 5 nitrogen and oxygen atoms in total. The molecule has 0 radical (unpaired) electrons. The van der Waals surface area contributed by atoms with E-state index in [4.69, 9.17) is 17.1 Å². The van der Waals surface area contributed by atoms with Gasteiger partial charge in [0.2, 0.25) is 25.0 Å². The molecule has 0 aliphatic rings. The standard InChI is InChI=1S/C18H36O5Si4/c1-11-18(19)20-16-15-17-27(21-24(5,6)12-2,22-25(7,8)13-3)23-26(9,10)14-4/h11-14H,1-4,15-17H2,5-10H3. The van der Waals surface area contributed by atoms with Crippen molar-refractivity contribution in [3.8, 4) is 0 Å². The van der Waals surface area contributed by atoms with Crippen LogP contribution in [-0.4, -0.2) is 46.3 Å². The lowest BCUT2D eigenvalue weighted by Crippen LogP contribution is -2.61. The van der Waals surface area contributed by atoms with E-state index in [2.05, 4.69) is 65.6 Å². The van der Waals surface area contributed by atoms with E-state index in [-0.39, 0.29) is 6.61 Å². The third-order valence-corrected chi connectivity index (χ3v) is 17.7. The van der Waals surface area contributed by atoms with Gasteiger partial charge in [0.05, 0.1) is 6.61 Å². The van der Waals surface area contributed by atoms with Crippen LogP contribution in [0.25, 0.3) is 0 Å². The van der Waals surface area contributed by atoms with Gasteiger partial charge in [0.15, 0.2) is 0 Å². The summed E-state index contributed by atoms with van der Waals surface area (Å²) < 4.78 is 25.0. The summed E-state index contributed by atoms with van der Waals surface area (Å²) in [5.41, 5.74) is 5.64. The van der Waals surface area contributed by atoms with Crippen LogP contribution in [0.3, 0.4) is 0 Å². The maximum absolute atomic E-state index is 11.3. The summed E-state index contributed by atoms with van der Waals surface area (Å²) in [5, 5.41) is 0. The highest BCUT2D eigenvalue weighted by molar-refractivity contribution is 6.93. The topological polar surface area (TPSA) is 54.0 Å². The number of ether oxygens (including phenoxy) is 1. The predicted molar refractivity (Wildman–Crippen MR) is 123 cm³/mol. The Kier molecular flexibility index (Phi) is 10.3. The monoisotopic (exact) mass is 444 g/mol. The lowest BCUT2D eigenvalue weighted by atomic mass is 10.5. The van der Waals surface area contributed by atoms with Gasteiger partial charge < -0.3 is 17.1 Å². The highest BCUT2D eigenvalue weighted by Crippen LogP contribution is 2.30. The number of carbonyl (C=O) groups is 1. The first kappa shape index (κ1) is 26.2. The number of esters is 1. The summed E-state index contributed by atoms with van der Waals surface area (Å²) in [4.78, 5) is 11.3. The summed E-state index contributed by atoms with van der Waals surface area (Å²) >= 11 is 0. The van der Waals surface area contributed by atoms with Gasteiger partial charge in [-0.2, -0.15) is 0 Å². The van der Waals surface area contributed by atoms with Gasteiger partial charge in [-0.05, 0) is 45.7 Å². The maximum atomic E-state index is 11.3. The van der Waals surface area contributed by atoms with Crippen molar-refractivity contribution in [2.45, 2.75) is 51.7 Å². The molecule has 0 saturated heterocycles. The second kappa shape index (κ2) is 10.6. The molecule has 0 N–H and O–H groups in total. The highest BCUT2D eigenvalue weighted by atomic mass is 28.5. The van der Waals surface area contributed by atoms with Gasteiger partial charge in [-0.15, -0.1) is 19.7 Å². The van der Waals surface area contributed by atoms with E-state index >= 15 is 0 Å². The molecule has 9 heteroatoms. The lowest BCUT2D eigenvalue weighted by Gasteiger charge is -2.43. The van der Waals surface area contributed by atoms with Crippen LogP contribution >= 0.6 is 0 Å². The van der Waals surface area contributed by atoms with E-state index < -0.39 is 39.7 Å². The third kappa shape index (κ3) is 10.3. The van der Waals surface area contributed by atoms with Crippen LogP contribution in [0.4, 0.5) is 0 Å². The van der Waals surface area contributed by atoms with Crippen LogP contribution in [0, 0.1) is 0 Å². The average Bonchev–Trinajstić information content (AvgIpc) is 2.57. The first-order valence-electron chi connectivity index (χ1n) is 9.06. The van der Waals surface area contributed by atoms with Gasteiger partial charge in [0.1, 0.15) is 0 Å². The minimum Gasteiger partial charge on any atom is -0.463 e. The van der Waals surface area contributed by atoms with Crippen molar-refractivity contribution in [2.24, 2.45) is 0 Å². The Labute approximate surface area is 169 Å². The quantitative estimate of drug-likeness (QED) is 0.165. The molecule has 154 valence electrons. The summed E-state index contributed by atoms with van der Waals surface area (Å²) in [6.45, 7) is 27.9. The molecule has 0 aliphatic carbocycles. The first-order valence-corrected chi connectivity index (χ1v) is 20.0. The van der Waals surface area contributed by atoms with Crippen LogP contribution in [0.1, 0.15) is 6.42 Å². The SMILES string of the molecule is C=CC(=O)OCCC[Si](O[Si](C)(C)C=C)(O[Si](C)(C)C=C)O[Si](C)(C)C=C. The Morgan fingerprint density at radius 3 is 1.44 bits per heavy atom. The molecule has 0 aromatic rings. The minimum atomic E-state index is -3.09. The predicted octanol–water partition coefficient (Wildman–Crippen LogP) is 4.89. The van der Waals surface area contributed by atoms with Crippen molar-refractivity contribution in [2.75, 3.05) is 6.61 Å². The number of carbonyl (C=O) groups excluding carboxylic acids is 1. The number of hydrogen-bond acceptors (Lipinski definition) is 5. The molecule has 0 bridgehead atoms. The van der Waals surface area contributed by atoms with E-state index in [0.717, 1.165) is 6.08 Å². The molecule has 27 heavy (non-hydrogen) atoms. The maximum Gasteiger partial charge on any atom is 0.470 e. The van der Waals surface area contributed by atoms with Crippen molar-refractivity contribution in [3.63, 3.8) is 0 Å². The fourth-order valence-corrected chi connectivity index (χ4v) is 16.1. The van der Waals surface area contributed by atoms with Gasteiger partial charge in [-0.25, -0.2) is 4.79 Å². The second-order valence-corrected chi connectivity index (χ2v) is 23.0. The number of hydrogen-bond donors (Lipinski definition) is 0. The van der Waals surface area contributed by atoms with E-state index in [1.165, 1.54) is 0 Å². The molecular weight excluding hydrogens is 409 g/mol. The zero-order valence-corrected chi connectivity index (χ0v) is 21.8. The second-order valence-electron chi connectivity index (χ2n) is 7.89. The molecule has 0 aromatic heterocycles. The summed E-state index contributed by atoms with van der Waals surface area (Å²) in [6.07, 6.45) is 1.74. The molecule has 0 aliphatic heterocycles. The Morgan fingerprint density at radius 1 is 0.778 bits per heavy atom. The van der Waals surface area contributed by atoms with Gasteiger partial charge in [0, 0.05) is 12.1 Å². The molecule has 0 unspecified atom stereocenters. The van der Waals surface area contributed by atoms with Crippen molar-refractivity contribution in [1.29, 1.82) is 0 Å². The fraction of sp³-hybridized carbons (Fsp3) is 0.500. The van der Waals surface area contributed by atoms with Crippen LogP contribution < -0.4 is 0 Å². The average molecular weight is 445 g/mol. The molecular formula is C18H36O5Si4. The van der Waals surface area contributed by atoms with Crippen molar-refractivity contribution >= 4 is 39.7 Å². The summed E-state index contributed by atoms with van der Waals surface area (Å²) in [7, 11) is -9.69. The Bertz CT molecular complexity index is 503. The molecule has 0 rings (SSSR count). The van der Waals surface area contributed by atoms with Crippen LogP contribution in [0.5, 0.6) is 0 Å². The number of rotatable bonds is 14. The minimum absolute atomic E-state index is 0.262. The molecule has 0 amide bonds. The van der Waals surface area contributed by atoms with Gasteiger partial charge in [-0.3, -0.25) is 0 Å². The van der Waals surface area contributed by atoms with Crippen LogP contribution in [0.2, 0.25) is 45.3 Å². The molecule has 0 aromatic carbocycles. The van der Waals surface area contributed by atoms with E-state index in [1.54, 1.807) is 0 Å². The largest absolute Gasteiger partial charge is 0.470 e. The van der Waals surface area contributed by atoms with Crippen molar-refractivity contribution < 1.29 is 21.9 Å². The van der Waals surface area contributed by atoms with Crippen LogP contribution in [0.15, 0.2) is 49.5 Å². The zero-order chi connectivity index (χ0) is 21.4. The summed E-state index contributed by atoms with van der Waals surface area (Å²) in [6, 6.07) is 0.552. The van der Waals surface area contributed by atoms with Crippen LogP contribution in [-0.2, 0) is 21.9 Å². The Morgan fingerprint density at radius 2 is 1.15 bits per heavy atom. The normalized spacial score (nSPS) is 13.0. The molecule has 0 fully saturated rings. The summed E-state index contributed by atoms with van der Waals surface area (Å²) in [5.74, 6) is -0.438. The Balaban J connectivity index is 5.77. The third-order valence-electron chi connectivity index (χ3n) is 3.77. The van der Waals surface area contributed by atoms with Gasteiger partial charge in [0.25, 0.3) is 0 Å². The Hall–Kier alpha value is -0.822. The van der Waals surface area contributed by atoms with Gasteiger partial charge in [-0.1, -0.05) is 23.7 Å². The smallest absolute Gasteiger partial charge is 0.463 e. The molecule has 0 saturated carbocycles. The van der Waals surface area contributed by atoms with Crippen molar-refractivity contribution in [3.05, 3.63) is 49.5 Å².